The maximum atomic E-state index is 12.4. The van der Waals surface area contributed by atoms with E-state index >= 15 is 0 Å². The SMILES string of the molecule is C=Cc1csc2cnc(C(=O)NC3CN4CC[C@H]3C4)cc12. The minimum atomic E-state index is -0.0585. The Labute approximate surface area is 127 Å². The van der Waals surface area contributed by atoms with Crippen LogP contribution in [0.4, 0.5) is 0 Å². The number of hydrogen-bond donors (Lipinski definition) is 1. The number of carbonyl (C=O) groups excluding carboxylic acids is 1. The van der Waals surface area contributed by atoms with Crippen molar-refractivity contribution in [3.05, 3.63) is 35.5 Å². The largest absolute Gasteiger partial charge is 0.346 e. The zero-order valence-electron chi connectivity index (χ0n) is 11.7. The highest BCUT2D eigenvalue weighted by molar-refractivity contribution is 7.17. The van der Waals surface area contributed by atoms with Crippen LogP contribution in [0.25, 0.3) is 16.2 Å². The summed E-state index contributed by atoms with van der Waals surface area (Å²) in [4.78, 5) is 19.2. The van der Waals surface area contributed by atoms with Crippen LogP contribution in [0, 0.1) is 5.92 Å². The minimum Gasteiger partial charge on any atom is -0.346 e. The van der Waals surface area contributed by atoms with Crippen LogP contribution in [-0.2, 0) is 0 Å². The maximum Gasteiger partial charge on any atom is 0.270 e. The molecular weight excluding hydrogens is 282 g/mol. The number of rotatable bonds is 3. The summed E-state index contributed by atoms with van der Waals surface area (Å²) < 4.78 is 1.09. The van der Waals surface area contributed by atoms with Crippen LogP contribution >= 0.6 is 11.3 Å². The van der Waals surface area contributed by atoms with Gasteiger partial charge < -0.3 is 10.2 Å². The molecular formula is C16H17N3OS. The Balaban J connectivity index is 1.57. The Bertz CT molecular complexity index is 723. The van der Waals surface area contributed by atoms with E-state index in [2.05, 4.69) is 21.8 Å². The van der Waals surface area contributed by atoms with Gasteiger partial charge in [-0.25, -0.2) is 4.98 Å². The van der Waals surface area contributed by atoms with E-state index < -0.39 is 0 Å². The molecule has 2 aromatic rings. The predicted octanol–water partition coefficient (Wildman–Crippen LogP) is 2.37. The average molecular weight is 299 g/mol. The Kier molecular flexibility index (Phi) is 3.05. The molecule has 4 rings (SSSR count). The summed E-state index contributed by atoms with van der Waals surface area (Å²) in [5.41, 5.74) is 1.57. The lowest BCUT2D eigenvalue weighted by atomic mass is 10.00. The molecule has 21 heavy (non-hydrogen) atoms. The van der Waals surface area contributed by atoms with Crippen LogP contribution in [-0.4, -0.2) is 41.5 Å². The third-order valence-corrected chi connectivity index (χ3v) is 5.54. The van der Waals surface area contributed by atoms with Gasteiger partial charge in [0.15, 0.2) is 0 Å². The Morgan fingerprint density at radius 1 is 1.52 bits per heavy atom. The molecule has 1 amide bonds. The number of nitrogens with zero attached hydrogens (tertiary/aromatic N) is 2. The van der Waals surface area contributed by atoms with Gasteiger partial charge >= 0.3 is 0 Å². The molecule has 0 saturated carbocycles. The standard InChI is InChI=1S/C16H17N3OS/c1-2-10-9-21-15-6-17-13(5-12(10)15)16(20)18-14-8-19-4-3-11(14)7-19/h2,5-6,9,11,14H,1,3-4,7-8H2,(H,18,20)/t11-,14?/m0/s1. The summed E-state index contributed by atoms with van der Waals surface area (Å²) in [5, 5.41) is 6.26. The van der Waals surface area contributed by atoms with Gasteiger partial charge in [-0.15, -0.1) is 11.3 Å². The van der Waals surface area contributed by atoms with Gasteiger partial charge in [-0.3, -0.25) is 4.79 Å². The summed E-state index contributed by atoms with van der Waals surface area (Å²) in [7, 11) is 0. The first-order valence-corrected chi connectivity index (χ1v) is 8.15. The number of thiophene rings is 1. The highest BCUT2D eigenvalue weighted by atomic mass is 32.1. The molecule has 2 saturated heterocycles. The summed E-state index contributed by atoms with van der Waals surface area (Å²) in [6, 6.07) is 2.16. The molecule has 0 radical (unpaired) electrons. The van der Waals surface area contributed by atoms with Crippen molar-refractivity contribution in [1.82, 2.24) is 15.2 Å². The van der Waals surface area contributed by atoms with Crippen molar-refractivity contribution < 1.29 is 4.79 Å². The van der Waals surface area contributed by atoms with E-state index in [9.17, 15) is 4.79 Å². The molecule has 2 aromatic heterocycles. The van der Waals surface area contributed by atoms with Gasteiger partial charge in [-0.05, 0) is 35.9 Å². The van der Waals surface area contributed by atoms with Crippen LogP contribution in [0.5, 0.6) is 0 Å². The van der Waals surface area contributed by atoms with E-state index in [1.54, 1.807) is 17.5 Å². The van der Waals surface area contributed by atoms with Gasteiger partial charge in [0.25, 0.3) is 5.91 Å². The van der Waals surface area contributed by atoms with Gasteiger partial charge in [-0.1, -0.05) is 12.7 Å². The van der Waals surface area contributed by atoms with Gasteiger partial charge in [0.2, 0.25) is 0 Å². The summed E-state index contributed by atoms with van der Waals surface area (Å²) in [6.45, 7) is 7.11. The third kappa shape index (κ3) is 2.17. The lowest BCUT2D eigenvalue weighted by Gasteiger charge is -2.22. The van der Waals surface area contributed by atoms with E-state index in [0.717, 1.165) is 28.7 Å². The minimum absolute atomic E-state index is 0.0585. The number of hydrogen-bond acceptors (Lipinski definition) is 4. The van der Waals surface area contributed by atoms with Gasteiger partial charge in [0.05, 0.1) is 4.70 Å². The molecule has 0 aliphatic carbocycles. The van der Waals surface area contributed by atoms with Crippen LogP contribution in [0.2, 0.25) is 0 Å². The monoisotopic (exact) mass is 299 g/mol. The summed E-state index contributed by atoms with van der Waals surface area (Å²) >= 11 is 1.63. The highest BCUT2D eigenvalue weighted by Crippen LogP contribution is 2.29. The molecule has 2 aliphatic heterocycles. The summed E-state index contributed by atoms with van der Waals surface area (Å²) in [6.07, 6.45) is 4.80. The fourth-order valence-electron chi connectivity index (χ4n) is 3.42. The normalized spacial score (nSPS) is 27.1. The molecule has 2 aliphatic rings. The second kappa shape index (κ2) is 4.93. The lowest BCUT2D eigenvalue weighted by Crippen LogP contribution is -2.43. The van der Waals surface area contributed by atoms with Crippen LogP contribution in [0.3, 0.4) is 0 Å². The van der Waals surface area contributed by atoms with Crippen molar-refractivity contribution in [1.29, 1.82) is 0 Å². The van der Waals surface area contributed by atoms with Crippen molar-refractivity contribution >= 4 is 33.4 Å². The Morgan fingerprint density at radius 2 is 2.43 bits per heavy atom. The van der Waals surface area contributed by atoms with E-state index in [1.165, 1.54) is 13.0 Å². The molecule has 2 bridgehead atoms. The van der Waals surface area contributed by atoms with Crippen LogP contribution in [0.15, 0.2) is 24.2 Å². The van der Waals surface area contributed by atoms with Crippen molar-refractivity contribution in [3.8, 4) is 0 Å². The van der Waals surface area contributed by atoms with Crippen LogP contribution in [0.1, 0.15) is 22.5 Å². The number of fused-ring (bicyclic) bond motifs is 3. The number of nitrogens with one attached hydrogen (secondary N) is 1. The molecule has 1 N–H and O–H groups in total. The second-order valence-electron chi connectivity index (χ2n) is 5.85. The van der Waals surface area contributed by atoms with E-state index in [4.69, 9.17) is 0 Å². The fourth-order valence-corrected chi connectivity index (χ4v) is 4.32. The highest BCUT2D eigenvalue weighted by Gasteiger charge is 2.38. The third-order valence-electron chi connectivity index (χ3n) is 4.59. The van der Waals surface area contributed by atoms with Crippen molar-refractivity contribution in [3.63, 3.8) is 0 Å². The first kappa shape index (κ1) is 13.0. The zero-order chi connectivity index (χ0) is 14.4. The fraction of sp³-hybridized carbons (Fsp3) is 0.375. The van der Waals surface area contributed by atoms with E-state index in [1.807, 2.05) is 17.5 Å². The molecule has 4 heterocycles. The van der Waals surface area contributed by atoms with Gasteiger partial charge in [0, 0.05) is 30.7 Å². The molecule has 5 heteroatoms. The van der Waals surface area contributed by atoms with Gasteiger partial charge in [0.1, 0.15) is 5.69 Å². The molecule has 108 valence electrons. The topological polar surface area (TPSA) is 45.2 Å². The average Bonchev–Trinajstić information content (AvgIpc) is 3.21. The van der Waals surface area contributed by atoms with Gasteiger partial charge in [-0.2, -0.15) is 0 Å². The predicted molar refractivity (Wildman–Crippen MR) is 85.5 cm³/mol. The Hall–Kier alpha value is -1.72. The van der Waals surface area contributed by atoms with E-state index in [0.29, 0.717) is 11.6 Å². The molecule has 2 fully saturated rings. The summed E-state index contributed by atoms with van der Waals surface area (Å²) in [5.74, 6) is 0.555. The first-order chi connectivity index (χ1) is 10.2. The Morgan fingerprint density at radius 3 is 3.14 bits per heavy atom. The number of amides is 1. The molecule has 2 unspecified atom stereocenters. The zero-order valence-corrected chi connectivity index (χ0v) is 12.5. The first-order valence-electron chi connectivity index (χ1n) is 7.27. The van der Waals surface area contributed by atoms with Crippen molar-refractivity contribution in [2.45, 2.75) is 12.5 Å². The smallest absolute Gasteiger partial charge is 0.270 e. The number of carbonyl (C=O) groups is 1. The molecule has 0 aromatic carbocycles. The molecule has 0 spiro atoms. The quantitative estimate of drug-likeness (QED) is 0.946. The number of aromatic nitrogens is 1. The molecule has 4 nitrogen and oxygen atoms in total. The number of pyridine rings is 1. The number of piperidine rings is 1. The molecule has 3 atom stereocenters. The maximum absolute atomic E-state index is 12.4. The van der Waals surface area contributed by atoms with E-state index in [-0.39, 0.29) is 11.9 Å². The van der Waals surface area contributed by atoms with Crippen LogP contribution < -0.4 is 5.32 Å². The van der Waals surface area contributed by atoms with Crippen molar-refractivity contribution in [2.75, 3.05) is 19.6 Å². The van der Waals surface area contributed by atoms with Crippen molar-refractivity contribution in [2.24, 2.45) is 5.92 Å². The lowest BCUT2D eigenvalue weighted by molar-refractivity contribution is 0.0919. The second-order valence-corrected chi connectivity index (χ2v) is 6.76.